The molecule has 1 aliphatic carbocycles. The van der Waals surface area contributed by atoms with Crippen LogP contribution in [0.15, 0.2) is 11.4 Å². The maximum Gasteiger partial charge on any atom is 0.0544 e. The molecule has 0 aromatic carbocycles. The fourth-order valence-corrected chi connectivity index (χ4v) is 3.12. The summed E-state index contributed by atoms with van der Waals surface area (Å²) >= 11 is 7.90. The van der Waals surface area contributed by atoms with Gasteiger partial charge < -0.3 is 5.32 Å². The van der Waals surface area contributed by atoms with E-state index in [2.05, 4.69) is 24.5 Å². The number of nitrogens with one attached hydrogen (secondary N) is 1. The van der Waals surface area contributed by atoms with E-state index in [1.807, 2.05) is 6.07 Å². The van der Waals surface area contributed by atoms with E-state index in [4.69, 9.17) is 11.6 Å². The third kappa shape index (κ3) is 4.61. The lowest BCUT2D eigenvalue weighted by Gasteiger charge is -2.24. The zero-order valence-electron chi connectivity index (χ0n) is 10.8. The Morgan fingerprint density at radius 1 is 1.41 bits per heavy atom. The first-order chi connectivity index (χ1) is 8.07. The van der Waals surface area contributed by atoms with Gasteiger partial charge in [0.15, 0.2) is 0 Å². The summed E-state index contributed by atoms with van der Waals surface area (Å²) in [7, 11) is 0. The van der Waals surface area contributed by atoms with Crippen molar-refractivity contribution in [3.63, 3.8) is 0 Å². The summed E-state index contributed by atoms with van der Waals surface area (Å²) in [6.45, 7) is 5.89. The molecule has 0 bridgehead atoms. The first kappa shape index (κ1) is 13.4. The van der Waals surface area contributed by atoms with Crippen LogP contribution in [-0.2, 0) is 6.42 Å². The van der Waals surface area contributed by atoms with E-state index in [9.17, 15) is 0 Å². The molecule has 1 aromatic heterocycles. The van der Waals surface area contributed by atoms with Crippen LogP contribution in [0.1, 0.15) is 44.4 Å². The van der Waals surface area contributed by atoms with Crippen LogP contribution in [0.3, 0.4) is 0 Å². The second kappa shape index (κ2) is 5.73. The number of hydrogen-bond acceptors (Lipinski definition) is 2. The van der Waals surface area contributed by atoms with Crippen molar-refractivity contribution in [2.45, 2.75) is 52.0 Å². The highest BCUT2D eigenvalue weighted by molar-refractivity contribution is 7.10. The van der Waals surface area contributed by atoms with Crippen LogP contribution in [0, 0.1) is 5.41 Å². The molecule has 0 atom stereocenters. The van der Waals surface area contributed by atoms with Crippen LogP contribution in [0.2, 0.25) is 5.02 Å². The van der Waals surface area contributed by atoms with E-state index in [1.54, 1.807) is 11.3 Å². The topological polar surface area (TPSA) is 12.0 Å². The van der Waals surface area contributed by atoms with Crippen LogP contribution in [-0.4, -0.2) is 12.6 Å². The van der Waals surface area contributed by atoms with Crippen molar-refractivity contribution in [3.8, 4) is 0 Å². The quantitative estimate of drug-likeness (QED) is 0.770. The molecule has 0 unspecified atom stereocenters. The molecule has 1 aliphatic rings. The van der Waals surface area contributed by atoms with E-state index >= 15 is 0 Å². The van der Waals surface area contributed by atoms with Gasteiger partial charge in [-0.25, -0.2) is 0 Å². The summed E-state index contributed by atoms with van der Waals surface area (Å²) in [5.41, 5.74) is 0.412. The van der Waals surface area contributed by atoms with Crippen molar-refractivity contribution in [2.75, 3.05) is 6.54 Å². The van der Waals surface area contributed by atoms with Crippen molar-refractivity contribution in [3.05, 3.63) is 21.3 Å². The molecule has 1 aromatic rings. The van der Waals surface area contributed by atoms with Crippen molar-refractivity contribution < 1.29 is 0 Å². The van der Waals surface area contributed by atoms with Gasteiger partial charge in [0, 0.05) is 10.9 Å². The van der Waals surface area contributed by atoms with Crippen LogP contribution >= 0.6 is 22.9 Å². The summed E-state index contributed by atoms with van der Waals surface area (Å²) in [6.07, 6.45) is 6.36. The third-order valence-electron chi connectivity index (χ3n) is 3.53. The van der Waals surface area contributed by atoms with E-state index in [0.29, 0.717) is 5.41 Å². The summed E-state index contributed by atoms with van der Waals surface area (Å²) in [4.78, 5) is 1.34. The Hall–Kier alpha value is -0.0500. The van der Waals surface area contributed by atoms with Crippen molar-refractivity contribution in [1.82, 2.24) is 5.32 Å². The zero-order valence-corrected chi connectivity index (χ0v) is 12.3. The summed E-state index contributed by atoms with van der Waals surface area (Å²) in [5.74, 6) is 0. The van der Waals surface area contributed by atoms with Gasteiger partial charge in [0.25, 0.3) is 0 Å². The van der Waals surface area contributed by atoms with E-state index in [1.165, 1.54) is 30.6 Å². The zero-order chi connectivity index (χ0) is 12.3. The lowest BCUT2D eigenvalue weighted by molar-refractivity contribution is 0.302. The van der Waals surface area contributed by atoms with Gasteiger partial charge in [-0.05, 0) is 55.5 Å². The molecule has 1 fully saturated rings. The fraction of sp³-hybridized carbons (Fsp3) is 0.714. The summed E-state index contributed by atoms with van der Waals surface area (Å²) < 4.78 is 0. The largest absolute Gasteiger partial charge is 0.314 e. The Kier molecular flexibility index (Phi) is 4.51. The number of thiophene rings is 1. The molecule has 0 aliphatic heterocycles. The molecule has 0 spiro atoms. The molecule has 3 heteroatoms. The van der Waals surface area contributed by atoms with E-state index in [-0.39, 0.29) is 0 Å². The molecule has 1 N–H and O–H groups in total. The lowest BCUT2D eigenvalue weighted by Crippen LogP contribution is -2.24. The fourth-order valence-electron chi connectivity index (χ4n) is 1.98. The smallest absolute Gasteiger partial charge is 0.0544 e. The van der Waals surface area contributed by atoms with Gasteiger partial charge in [-0.2, -0.15) is 0 Å². The van der Waals surface area contributed by atoms with Gasteiger partial charge in [0.1, 0.15) is 0 Å². The lowest BCUT2D eigenvalue weighted by atomic mass is 9.84. The molecule has 1 heterocycles. The number of halogens is 1. The number of rotatable bonds is 7. The minimum Gasteiger partial charge on any atom is -0.314 e. The van der Waals surface area contributed by atoms with Crippen LogP contribution in [0.4, 0.5) is 0 Å². The van der Waals surface area contributed by atoms with Gasteiger partial charge in [-0.3, -0.25) is 0 Å². The average molecular weight is 272 g/mol. The van der Waals surface area contributed by atoms with Gasteiger partial charge in [-0.15, -0.1) is 11.3 Å². The normalized spacial score (nSPS) is 16.4. The molecule has 2 rings (SSSR count). The van der Waals surface area contributed by atoms with E-state index < -0.39 is 0 Å². The Labute approximate surface area is 114 Å². The maximum absolute atomic E-state index is 6.12. The Morgan fingerprint density at radius 2 is 2.18 bits per heavy atom. The molecular formula is C14H22ClNS. The SMILES string of the molecule is CC(C)(CCNC1CC1)CCc1sccc1Cl. The van der Waals surface area contributed by atoms with Gasteiger partial charge in [-0.1, -0.05) is 25.4 Å². The minimum atomic E-state index is 0.412. The van der Waals surface area contributed by atoms with Crippen LogP contribution in [0.5, 0.6) is 0 Å². The molecule has 0 amide bonds. The minimum absolute atomic E-state index is 0.412. The average Bonchev–Trinajstić information content (AvgIpc) is 2.98. The predicted molar refractivity (Wildman–Crippen MR) is 77.1 cm³/mol. The molecule has 1 nitrogen and oxygen atoms in total. The van der Waals surface area contributed by atoms with Crippen molar-refractivity contribution in [2.24, 2.45) is 5.41 Å². The van der Waals surface area contributed by atoms with Gasteiger partial charge in [0.05, 0.1) is 5.02 Å². The standard InChI is InChI=1S/C14H22ClNS/c1-14(2,8-9-16-11-3-4-11)7-5-13-12(15)6-10-17-13/h6,10-11,16H,3-5,7-9H2,1-2H3. The monoisotopic (exact) mass is 271 g/mol. The Bertz CT molecular complexity index is 355. The molecule has 0 radical (unpaired) electrons. The van der Waals surface area contributed by atoms with Crippen molar-refractivity contribution >= 4 is 22.9 Å². The first-order valence-corrected chi connectivity index (χ1v) is 7.78. The molecular weight excluding hydrogens is 250 g/mol. The Morgan fingerprint density at radius 3 is 2.76 bits per heavy atom. The second-order valence-corrected chi connectivity index (χ2v) is 7.24. The van der Waals surface area contributed by atoms with E-state index in [0.717, 1.165) is 24.0 Å². The molecule has 1 saturated carbocycles. The highest BCUT2D eigenvalue weighted by Crippen LogP contribution is 2.31. The highest BCUT2D eigenvalue weighted by Gasteiger charge is 2.23. The molecule has 17 heavy (non-hydrogen) atoms. The van der Waals surface area contributed by atoms with Crippen LogP contribution in [0.25, 0.3) is 0 Å². The number of hydrogen-bond donors (Lipinski definition) is 1. The highest BCUT2D eigenvalue weighted by atomic mass is 35.5. The van der Waals surface area contributed by atoms with Crippen LogP contribution < -0.4 is 5.32 Å². The first-order valence-electron chi connectivity index (χ1n) is 6.52. The number of aryl methyl sites for hydroxylation is 1. The third-order valence-corrected chi connectivity index (χ3v) is 4.98. The Balaban J connectivity index is 1.70. The summed E-state index contributed by atoms with van der Waals surface area (Å²) in [6, 6.07) is 2.83. The summed E-state index contributed by atoms with van der Waals surface area (Å²) in [5, 5.41) is 6.62. The molecule has 0 saturated heterocycles. The predicted octanol–water partition coefficient (Wildman–Crippen LogP) is 4.50. The molecule has 96 valence electrons. The second-order valence-electron chi connectivity index (χ2n) is 5.83. The van der Waals surface area contributed by atoms with Crippen molar-refractivity contribution in [1.29, 1.82) is 0 Å². The van der Waals surface area contributed by atoms with Gasteiger partial charge in [0.2, 0.25) is 0 Å². The van der Waals surface area contributed by atoms with Gasteiger partial charge >= 0.3 is 0 Å². The maximum atomic E-state index is 6.12.